The molecular formula is C19H18Cl2F3N3O2. The Bertz CT molecular complexity index is 872. The molecule has 156 valence electrons. The number of anilines is 1. The molecular weight excluding hydrogens is 430 g/mol. The van der Waals surface area contributed by atoms with Crippen molar-refractivity contribution < 1.29 is 22.7 Å². The Balaban J connectivity index is 1.49. The van der Waals surface area contributed by atoms with E-state index in [1.165, 1.54) is 0 Å². The molecule has 0 atom stereocenters. The summed E-state index contributed by atoms with van der Waals surface area (Å²) in [5.41, 5.74) is -0.889. The molecule has 1 amide bonds. The van der Waals surface area contributed by atoms with Crippen LogP contribution in [0, 0.1) is 0 Å². The van der Waals surface area contributed by atoms with Crippen molar-refractivity contribution >= 4 is 34.9 Å². The number of hydrogen-bond acceptors (Lipinski definition) is 4. The van der Waals surface area contributed by atoms with Crippen molar-refractivity contribution in [1.82, 2.24) is 9.88 Å². The molecule has 10 heteroatoms. The zero-order valence-electron chi connectivity index (χ0n) is 15.3. The van der Waals surface area contributed by atoms with Gasteiger partial charge in [-0.1, -0.05) is 29.3 Å². The molecule has 0 aliphatic carbocycles. The maximum atomic E-state index is 12.7. The van der Waals surface area contributed by atoms with Gasteiger partial charge in [0, 0.05) is 37.4 Å². The lowest BCUT2D eigenvalue weighted by Gasteiger charge is -2.35. The van der Waals surface area contributed by atoms with E-state index in [4.69, 9.17) is 27.9 Å². The standard InChI is InChI=1S/C19H18Cl2F3N3O2/c20-14-2-1-3-15(11-14)29-9-4-17(28)26-5-7-27(8-6-26)18-16(21)10-13(12-25-18)19(22,23)24/h1-3,10-12H,4-9H2. The van der Waals surface area contributed by atoms with Crippen LogP contribution >= 0.6 is 23.2 Å². The Morgan fingerprint density at radius 3 is 2.48 bits per heavy atom. The maximum Gasteiger partial charge on any atom is 0.417 e. The Morgan fingerprint density at radius 2 is 1.86 bits per heavy atom. The fourth-order valence-electron chi connectivity index (χ4n) is 2.96. The third kappa shape index (κ3) is 5.67. The quantitative estimate of drug-likeness (QED) is 0.675. The summed E-state index contributed by atoms with van der Waals surface area (Å²) in [7, 11) is 0. The first-order chi connectivity index (χ1) is 13.7. The molecule has 0 saturated carbocycles. The molecule has 2 heterocycles. The molecule has 2 aromatic rings. The highest BCUT2D eigenvalue weighted by Gasteiger charge is 2.32. The van der Waals surface area contributed by atoms with Gasteiger partial charge in [-0.3, -0.25) is 4.79 Å². The SMILES string of the molecule is O=C(CCOc1cccc(Cl)c1)N1CCN(c2ncc(C(F)(F)F)cc2Cl)CC1. The molecule has 3 rings (SSSR count). The summed E-state index contributed by atoms with van der Waals surface area (Å²) in [6, 6.07) is 7.80. The van der Waals surface area contributed by atoms with Crippen LogP contribution < -0.4 is 9.64 Å². The van der Waals surface area contributed by atoms with Crippen LogP contribution in [0.15, 0.2) is 36.5 Å². The van der Waals surface area contributed by atoms with E-state index < -0.39 is 11.7 Å². The highest BCUT2D eigenvalue weighted by Crippen LogP contribution is 2.33. The smallest absolute Gasteiger partial charge is 0.417 e. The van der Waals surface area contributed by atoms with Gasteiger partial charge in [-0.05, 0) is 24.3 Å². The van der Waals surface area contributed by atoms with Crippen LogP contribution in [0.1, 0.15) is 12.0 Å². The number of ether oxygens (including phenoxy) is 1. The minimum atomic E-state index is -4.49. The highest BCUT2D eigenvalue weighted by atomic mass is 35.5. The third-order valence-electron chi connectivity index (χ3n) is 4.46. The van der Waals surface area contributed by atoms with Gasteiger partial charge in [-0.25, -0.2) is 4.98 Å². The second kappa shape index (κ2) is 9.09. The van der Waals surface area contributed by atoms with Crippen LogP contribution in [0.5, 0.6) is 5.75 Å². The van der Waals surface area contributed by atoms with E-state index in [-0.39, 0.29) is 29.8 Å². The molecule has 0 radical (unpaired) electrons. The average molecular weight is 448 g/mol. The number of carbonyl (C=O) groups is 1. The van der Waals surface area contributed by atoms with Crippen LogP contribution in [-0.2, 0) is 11.0 Å². The number of aromatic nitrogens is 1. The molecule has 0 N–H and O–H groups in total. The summed E-state index contributed by atoms with van der Waals surface area (Å²) < 4.78 is 43.7. The number of carbonyl (C=O) groups excluding carboxylic acids is 1. The van der Waals surface area contributed by atoms with Gasteiger partial charge < -0.3 is 14.5 Å². The van der Waals surface area contributed by atoms with Crippen molar-refractivity contribution in [2.45, 2.75) is 12.6 Å². The molecule has 1 aromatic heterocycles. The summed E-state index contributed by atoms with van der Waals surface area (Å²) in [6.07, 6.45) is -3.51. The number of rotatable bonds is 5. The monoisotopic (exact) mass is 447 g/mol. The Hall–Kier alpha value is -2.19. The number of alkyl halides is 3. The molecule has 1 aromatic carbocycles. The fourth-order valence-corrected chi connectivity index (χ4v) is 3.42. The molecule has 29 heavy (non-hydrogen) atoms. The van der Waals surface area contributed by atoms with Crippen molar-refractivity contribution in [2.75, 3.05) is 37.7 Å². The number of benzene rings is 1. The topological polar surface area (TPSA) is 45.7 Å². The molecule has 0 unspecified atom stereocenters. The molecule has 5 nitrogen and oxygen atoms in total. The summed E-state index contributed by atoms with van der Waals surface area (Å²) in [4.78, 5) is 19.7. The summed E-state index contributed by atoms with van der Waals surface area (Å²) >= 11 is 11.9. The minimum Gasteiger partial charge on any atom is -0.493 e. The van der Waals surface area contributed by atoms with Crippen molar-refractivity contribution in [3.63, 3.8) is 0 Å². The van der Waals surface area contributed by atoms with E-state index in [2.05, 4.69) is 4.98 Å². The predicted octanol–water partition coefficient (Wildman–Crippen LogP) is 4.52. The first kappa shape index (κ1) is 21.5. The number of nitrogens with zero attached hydrogens (tertiary/aromatic N) is 3. The number of halogens is 5. The highest BCUT2D eigenvalue weighted by molar-refractivity contribution is 6.33. The Kier molecular flexibility index (Phi) is 6.74. The summed E-state index contributed by atoms with van der Waals surface area (Å²) in [6.45, 7) is 1.94. The van der Waals surface area contributed by atoms with Crippen molar-refractivity contribution in [3.8, 4) is 5.75 Å². The largest absolute Gasteiger partial charge is 0.493 e. The van der Waals surface area contributed by atoms with Gasteiger partial charge in [0.1, 0.15) is 11.6 Å². The maximum absolute atomic E-state index is 12.7. The minimum absolute atomic E-state index is 0.0573. The first-order valence-electron chi connectivity index (χ1n) is 8.88. The van der Waals surface area contributed by atoms with E-state index in [1.54, 1.807) is 34.1 Å². The van der Waals surface area contributed by atoms with Gasteiger partial charge in [-0.15, -0.1) is 0 Å². The zero-order chi connectivity index (χ0) is 21.0. The van der Waals surface area contributed by atoms with Crippen LogP contribution in [-0.4, -0.2) is 48.6 Å². The molecule has 0 spiro atoms. The number of pyridine rings is 1. The summed E-state index contributed by atoms with van der Waals surface area (Å²) in [5.74, 6) is 0.826. The Morgan fingerprint density at radius 1 is 1.14 bits per heavy atom. The van der Waals surface area contributed by atoms with Crippen LogP contribution in [0.3, 0.4) is 0 Å². The van der Waals surface area contributed by atoms with Gasteiger partial charge in [0.25, 0.3) is 0 Å². The lowest BCUT2D eigenvalue weighted by molar-refractivity contribution is -0.138. The molecule has 1 aliphatic rings. The molecule has 0 bridgehead atoms. The van der Waals surface area contributed by atoms with E-state index in [9.17, 15) is 18.0 Å². The lowest BCUT2D eigenvalue weighted by Crippen LogP contribution is -2.49. The number of amides is 1. The Labute approximate surface area is 176 Å². The van der Waals surface area contributed by atoms with Gasteiger partial charge in [-0.2, -0.15) is 13.2 Å². The molecule has 1 saturated heterocycles. The van der Waals surface area contributed by atoms with Crippen LogP contribution in [0.4, 0.5) is 19.0 Å². The van der Waals surface area contributed by atoms with E-state index in [1.807, 2.05) is 0 Å². The van der Waals surface area contributed by atoms with E-state index >= 15 is 0 Å². The van der Waals surface area contributed by atoms with Crippen molar-refractivity contribution in [3.05, 3.63) is 52.1 Å². The van der Waals surface area contributed by atoms with Gasteiger partial charge >= 0.3 is 6.18 Å². The molecule has 1 fully saturated rings. The van der Waals surface area contributed by atoms with Crippen molar-refractivity contribution in [2.24, 2.45) is 0 Å². The second-order valence-corrected chi connectivity index (χ2v) is 7.29. The first-order valence-corrected chi connectivity index (χ1v) is 9.63. The number of hydrogen-bond donors (Lipinski definition) is 0. The van der Waals surface area contributed by atoms with Gasteiger partial charge in [0.05, 0.1) is 23.6 Å². The normalized spacial score (nSPS) is 14.8. The second-order valence-electron chi connectivity index (χ2n) is 6.45. The van der Waals surface area contributed by atoms with Gasteiger partial charge in [0.15, 0.2) is 0 Å². The summed E-state index contributed by atoms with van der Waals surface area (Å²) in [5, 5.41) is 0.495. The molecule has 1 aliphatic heterocycles. The zero-order valence-corrected chi connectivity index (χ0v) is 16.8. The van der Waals surface area contributed by atoms with E-state index in [0.29, 0.717) is 37.0 Å². The van der Waals surface area contributed by atoms with Crippen LogP contribution in [0.25, 0.3) is 0 Å². The number of piperazine rings is 1. The lowest BCUT2D eigenvalue weighted by atomic mass is 10.2. The van der Waals surface area contributed by atoms with E-state index in [0.717, 1.165) is 12.3 Å². The predicted molar refractivity (Wildman–Crippen MR) is 105 cm³/mol. The van der Waals surface area contributed by atoms with Gasteiger partial charge in [0.2, 0.25) is 5.91 Å². The fraction of sp³-hybridized carbons (Fsp3) is 0.368. The van der Waals surface area contributed by atoms with Crippen molar-refractivity contribution in [1.29, 1.82) is 0 Å². The van der Waals surface area contributed by atoms with Crippen LogP contribution in [0.2, 0.25) is 10.0 Å². The third-order valence-corrected chi connectivity index (χ3v) is 4.97. The average Bonchev–Trinajstić information content (AvgIpc) is 2.67.